The zero-order chi connectivity index (χ0) is 9.10. The van der Waals surface area contributed by atoms with Crippen LogP contribution < -0.4 is 10.2 Å². The Morgan fingerprint density at radius 3 is 2.77 bits per heavy atom. The lowest BCUT2D eigenvalue weighted by molar-refractivity contribution is 0.564. The van der Waals surface area contributed by atoms with Gasteiger partial charge in [-0.3, -0.25) is 0 Å². The molecule has 1 aliphatic rings. The van der Waals surface area contributed by atoms with Gasteiger partial charge in [0.2, 0.25) is 0 Å². The molecule has 1 saturated heterocycles. The molecule has 1 heterocycles. The van der Waals surface area contributed by atoms with Gasteiger partial charge >= 0.3 is 0 Å². The van der Waals surface area contributed by atoms with E-state index >= 15 is 0 Å². The average Bonchev–Trinajstić information content (AvgIpc) is 2.20. The topological polar surface area (TPSA) is 15.3 Å². The summed E-state index contributed by atoms with van der Waals surface area (Å²) in [6.45, 7) is 6.48. The van der Waals surface area contributed by atoms with Crippen LogP contribution in [-0.4, -0.2) is 19.1 Å². The lowest BCUT2D eigenvalue weighted by Gasteiger charge is -2.35. The van der Waals surface area contributed by atoms with Crippen LogP contribution in [0.5, 0.6) is 0 Å². The van der Waals surface area contributed by atoms with Gasteiger partial charge in [0, 0.05) is 31.4 Å². The van der Waals surface area contributed by atoms with Crippen molar-refractivity contribution >= 4 is 5.69 Å². The highest BCUT2D eigenvalue weighted by Crippen LogP contribution is 2.18. The minimum atomic E-state index is 0.483. The van der Waals surface area contributed by atoms with Crippen molar-refractivity contribution in [2.75, 3.05) is 18.0 Å². The lowest BCUT2D eigenvalue weighted by atomic mass is 10.2. The number of para-hydroxylation sites is 1. The van der Waals surface area contributed by atoms with E-state index in [1.807, 2.05) is 0 Å². The number of anilines is 1. The van der Waals surface area contributed by atoms with Gasteiger partial charge in [0.1, 0.15) is 0 Å². The molecule has 0 bridgehead atoms. The van der Waals surface area contributed by atoms with Crippen molar-refractivity contribution in [2.45, 2.75) is 13.0 Å². The summed E-state index contributed by atoms with van der Waals surface area (Å²) in [6, 6.07) is 11.0. The zero-order valence-electron chi connectivity index (χ0n) is 7.90. The fourth-order valence-corrected chi connectivity index (χ4v) is 1.72. The third kappa shape index (κ3) is 1.83. The Kier molecular flexibility index (Phi) is 2.50. The maximum absolute atomic E-state index is 3.27. The molecule has 1 aromatic carbocycles. The maximum atomic E-state index is 3.27. The molecule has 1 aromatic rings. The van der Waals surface area contributed by atoms with Crippen LogP contribution in [0, 0.1) is 6.54 Å². The highest BCUT2D eigenvalue weighted by Gasteiger charge is 2.17. The Morgan fingerprint density at radius 1 is 1.31 bits per heavy atom. The van der Waals surface area contributed by atoms with E-state index in [9.17, 15) is 0 Å². The zero-order valence-corrected chi connectivity index (χ0v) is 7.90. The molecule has 0 aromatic heterocycles. The Hall–Kier alpha value is -1.02. The first-order valence-electron chi connectivity index (χ1n) is 4.76. The second-order valence-electron chi connectivity index (χ2n) is 3.39. The molecular weight excluding hydrogens is 160 g/mol. The minimum absolute atomic E-state index is 0.483. The number of hydrogen-bond acceptors (Lipinski definition) is 2. The normalized spacial score (nSPS) is 23.2. The van der Waals surface area contributed by atoms with Gasteiger partial charge in [-0.1, -0.05) is 18.2 Å². The van der Waals surface area contributed by atoms with Crippen LogP contribution in [0.15, 0.2) is 30.3 Å². The van der Waals surface area contributed by atoms with Gasteiger partial charge < -0.3 is 10.2 Å². The lowest BCUT2D eigenvalue weighted by Crippen LogP contribution is -2.46. The second kappa shape index (κ2) is 3.79. The molecule has 0 spiro atoms. The van der Waals surface area contributed by atoms with Crippen molar-refractivity contribution in [2.24, 2.45) is 0 Å². The second-order valence-corrected chi connectivity index (χ2v) is 3.39. The largest absolute Gasteiger partial charge is 0.366 e. The predicted octanol–water partition coefficient (Wildman–Crippen LogP) is 1.65. The van der Waals surface area contributed by atoms with Crippen molar-refractivity contribution in [3.63, 3.8) is 0 Å². The molecule has 69 valence electrons. The van der Waals surface area contributed by atoms with Gasteiger partial charge in [-0.05, 0) is 19.1 Å². The van der Waals surface area contributed by atoms with E-state index in [1.54, 1.807) is 0 Å². The summed E-state index contributed by atoms with van der Waals surface area (Å²) in [5, 5.41) is 3.27. The van der Waals surface area contributed by atoms with Gasteiger partial charge in [0.25, 0.3) is 0 Å². The molecular formula is C11H15N2. The molecule has 1 aliphatic heterocycles. The van der Waals surface area contributed by atoms with Gasteiger partial charge in [-0.2, -0.15) is 0 Å². The van der Waals surface area contributed by atoms with E-state index in [4.69, 9.17) is 0 Å². The Morgan fingerprint density at radius 2 is 2.08 bits per heavy atom. The molecule has 1 radical (unpaired) electrons. The highest BCUT2D eigenvalue weighted by molar-refractivity contribution is 5.48. The van der Waals surface area contributed by atoms with E-state index in [0.717, 1.165) is 13.1 Å². The molecule has 2 rings (SSSR count). The van der Waals surface area contributed by atoms with Gasteiger partial charge in [0.05, 0.1) is 0 Å². The first-order valence-corrected chi connectivity index (χ1v) is 4.76. The molecule has 0 aliphatic carbocycles. The number of nitrogens with one attached hydrogen (secondary N) is 1. The Balaban J connectivity index is 2.15. The van der Waals surface area contributed by atoms with E-state index in [2.05, 4.69) is 54.0 Å². The number of hydrogen-bond donors (Lipinski definition) is 1. The summed E-state index contributed by atoms with van der Waals surface area (Å²) in [7, 11) is 0. The van der Waals surface area contributed by atoms with Crippen molar-refractivity contribution < 1.29 is 0 Å². The Bertz CT molecular complexity index is 258. The SMILES string of the molecule is CC1[CH]NCCN1c1ccccc1. The average molecular weight is 175 g/mol. The van der Waals surface area contributed by atoms with Crippen LogP contribution in [0.25, 0.3) is 0 Å². The van der Waals surface area contributed by atoms with Crippen LogP contribution in [0.3, 0.4) is 0 Å². The number of benzene rings is 1. The fourth-order valence-electron chi connectivity index (χ4n) is 1.72. The molecule has 1 unspecified atom stereocenters. The highest BCUT2D eigenvalue weighted by atomic mass is 15.2. The summed E-state index contributed by atoms with van der Waals surface area (Å²) in [4.78, 5) is 2.40. The minimum Gasteiger partial charge on any atom is -0.366 e. The number of nitrogens with zero attached hydrogens (tertiary/aromatic N) is 1. The summed E-state index contributed by atoms with van der Waals surface area (Å²) in [6.07, 6.45) is 0. The molecule has 2 heteroatoms. The van der Waals surface area contributed by atoms with E-state index in [0.29, 0.717) is 6.04 Å². The van der Waals surface area contributed by atoms with Crippen LogP contribution >= 0.6 is 0 Å². The monoisotopic (exact) mass is 175 g/mol. The molecule has 0 amide bonds. The van der Waals surface area contributed by atoms with Crippen LogP contribution in [0.1, 0.15) is 6.92 Å². The number of piperazine rings is 1. The molecule has 1 fully saturated rings. The molecule has 0 saturated carbocycles. The summed E-state index contributed by atoms with van der Waals surface area (Å²) in [5.41, 5.74) is 1.31. The quantitative estimate of drug-likeness (QED) is 0.698. The van der Waals surface area contributed by atoms with Crippen molar-refractivity contribution in [3.8, 4) is 0 Å². The summed E-state index contributed by atoms with van der Waals surface area (Å²) >= 11 is 0. The number of rotatable bonds is 1. The van der Waals surface area contributed by atoms with Gasteiger partial charge in [0.15, 0.2) is 0 Å². The summed E-state index contributed by atoms with van der Waals surface area (Å²) in [5.74, 6) is 0. The van der Waals surface area contributed by atoms with Crippen molar-refractivity contribution in [1.82, 2.24) is 5.32 Å². The first kappa shape index (κ1) is 8.57. The van der Waals surface area contributed by atoms with Crippen LogP contribution in [0.2, 0.25) is 0 Å². The molecule has 13 heavy (non-hydrogen) atoms. The standard InChI is InChI=1S/C11H15N2/c1-10-9-12-7-8-13(10)11-5-3-2-4-6-11/h2-6,9-10,12H,7-8H2,1H3. The van der Waals surface area contributed by atoms with E-state index in [1.165, 1.54) is 5.69 Å². The van der Waals surface area contributed by atoms with E-state index in [-0.39, 0.29) is 0 Å². The summed E-state index contributed by atoms with van der Waals surface area (Å²) < 4.78 is 0. The van der Waals surface area contributed by atoms with E-state index < -0.39 is 0 Å². The van der Waals surface area contributed by atoms with Crippen molar-refractivity contribution in [1.29, 1.82) is 0 Å². The van der Waals surface area contributed by atoms with Crippen LogP contribution in [0.4, 0.5) is 5.69 Å². The third-order valence-electron chi connectivity index (χ3n) is 2.44. The predicted molar refractivity (Wildman–Crippen MR) is 55.6 cm³/mol. The maximum Gasteiger partial charge on any atom is 0.0444 e. The van der Waals surface area contributed by atoms with Crippen LogP contribution in [-0.2, 0) is 0 Å². The third-order valence-corrected chi connectivity index (χ3v) is 2.44. The molecule has 1 atom stereocenters. The van der Waals surface area contributed by atoms with Gasteiger partial charge in [-0.25, -0.2) is 0 Å². The first-order chi connectivity index (χ1) is 6.38. The molecule has 1 N–H and O–H groups in total. The fraction of sp³-hybridized carbons (Fsp3) is 0.364. The molecule has 2 nitrogen and oxygen atoms in total. The van der Waals surface area contributed by atoms with Gasteiger partial charge in [-0.15, -0.1) is 0 Å². The van der Waals surface area contributed by atoms with Crippen molar-refractivity contribution in [3.05, 3.63) is 36.9 Å². The Labute approximate surface area is 79.6 Å². The smallest absolute Gasteiger partial charge is 0.0444 e.